The number of furan rings is 1. The normalized spacial score (nSPS) is 23.1. The number of ether oxygens (including phenoxy) is 1. The summed E-state index contributed by atoms with van der Waals surface area (Å²) < 4.78 is 12.4. The third kappa shape index (κ3) is 4.54. The van der Waals surface area contributed by atoms with Gasteiger partial charge in [-0.15, -0.1) is 5.10 Å². The molecule has 10 heteroatoms. The molecule has 1 amide bonds. The molecule has 2 fully saturated rings. The molecule has 0 N–H and O–H groups in total. The van der Waals surface area contributed by atoms with Crippen molar-refractivity contribution in [1.29, 1.82) is 0 Å². The Balaban J connectivity index is 1.49. The first kappa shape index (κ1) is 20.5. The van der Waals surface area contributed by atoms with Crippen molar-refractivity contribution in [3.8, 4) is 0 Å². The summed E-state index contributed by atoms with van der Waals surface area (Å²) in [4.78, 5) is 35.8. The number of hydrogen-bond donors (Lipinski definition) is 0. The average Bonchev–Trinajstić information content (AvgIpc) is 3.35. The van der Waals surface area contributed by atoms with Crippen molar-refractivity contribution in [2.24, 2.45) is 13.0 Å². The number of aromatic nitrogens is 3. The van der Waals surface area contributed by atoms with E-state index in [-0.39, 0.29) is 29.7 Å². The number of nitrogens with zero attached hydrogens (tertiary/aromatic N) is 6. The van der Waals surface area contributed by atoms with Crippen LogP contribution in [0, 0.1) is 5.92 Å². The fourth-order valence-corrected chi connectivity index (χ4v) is 4.26. The van der Waals surface area contributed by atoms with Gasteiger partial charge in [0.25, 0.3) is 5.91 Å². The maximum absolute atomic E-state index is 12.8. The van der Waals surface area contributed by atoms with E-state index in [2.05, 4.69) is 19.9 Å². The Morgan fingerprint density at radius 3 is 2.80 bits per heavy atom. The zero-order valence-electron chi connectivity index (χ0n) is 17.4. The molecular weight excluding hydrogens is 388 g/mol. The SMILES string of the molecule is CCOC(=O)[C@@H]1CN(Cc2ccco2)C[C@@H]2CN(C(=O)c3ncn(C)n3)CCN2C1. The molecule has 0 unspecified atom stereocenters. The van der Waals surface area contributed by atoms with Crippen LogP contribution >= 0.6 is 0 Å². The highest BCUT2D eigenvalue weighted by molar-refractivity contribution is 5.90. The van der Waals surface area contributed by atoms with Crippen molar-refractivity contribution in [1.82, 2.24) is 29.5 Å². The summed E-state index contributed by atoms with van der Waals surface area (Å²) in [6.45, 7) is 6.63. The van der Waals surface area contributed by atoms with E-state index in [1.165, 1.54) is 11.0 Å². The molecule has 2 saturated heterocycles. The molecule has 0 saturated carbocycles. The topological polar surface area (TPSA) is 96.9 Å². The van der Waals surface area contributed by atoms with Crippen LogP contribution in [0.4, 0.5) is 0 Å². The van der Waals surface area contributed by atoms with Gasteiger partial charge in [0.2, 0.25) is 5.82 Å². The van der Waals surface area contributed by atoms with Gasteiger partial charge >= 0.3 is 5.97 Å². The molecule has 2 aromatic heterocycles. The zero-order chi connectivity index (χ0) is 21.1. The lowest BCUT2D eigenvalue weighted by atomic mass is 10.1. The molecule has 0 spiro atoms. The number of fused-ring (bicyclic) bond motifs is 1. The zero-order valence-corrected chi connectivity index (χ0v) is 17.4. The lowest BCUT2D eigenvalue weighted by Crippen LogP contribution is -2.57. The molecule has 4 heterocycles. The first-order valence-electron chi connectivity index (χ1n) is 10.3. The maximum Gasteiger partial charge on any atom is 0.311 e. The van der Waals surface area contributed by atoms with Gasteiger partial charge in [0.05, 0.1) is 25.3 Å². The first-order chi connectivity index (χ1) is 14.5. The molecule has 0 bridgehead atoms. The fourth-order valence-electron chi connectivity index (χ4n) is 4.26. The monoisotopic (exact) mass is 416 g/mol. The van der Waals surface area contributed by atoms with Gasteiger partial charge in [0.15, 0.2) is 0 Å². The number of amides is 1. The molecular formula is C20H28N6O4. The van der Waals surface area contributed by atoms with Gasteiger partial charge in [-0.1, -0.05) is 0 Å². The second-order valence-corrected chi connectivity index (χ2v) is 7.86. The number of aryl methyl sites for hydroxylation is 1. The third-order valence-corrected chi connectivity index (χ3v) is 5.66. The Bertz CT molecular complexity index is 867. The predicted molar refractivity (Wildman–Crippen MR) is 106 cm³/mol. The Morgan fingerprint density at radius 1 is 1.23 bits per heavy atom. The van der Waals surface area contributed by atoms with Crippen LogP contribution in [0.3, 0.4) is 0 Å². The van der Waals surface area contributed by atoms with Gasteiger partial charge in [0, 0.05) is 52.4 Å². The van der Waals surface area contributed by atoms with Crippen molar-refractivity contribution >= 4 is 11.9 Å². The molecule has 2 atom stereocenters. The second-order valence-electron chi connectivity index (χ2n) is 7.86. The Kier molecular flexibility index (Phi) is 6.14. The van der Waals surface area contributed by atoms with Crippen molar-refractivity contribution in [3.05, 3.63) is 36.3 Å². The number of piperazine rings is 1. The molecule has 2 aliphatic heterocycles. The molecule has 0 aliphatic carbocycles. The molecule has 30 heavy (non-hydrogen) atoms. The highest BCUT2D eigenvalue weighted by Gasteiger charge is 2.38. The summed E-state index contributed by atoms with van der Waals surface area (Å²) in [6.07, 6.45) is 3.19. The van der Waals surface area contributed by atoms with E-state index < -0.39 is 0 Å². The fraction of sp³-hybridized carbons (Fsp3) is 0.600. The highest BCUT2D eigenvalue weighted by Crippen LogP contribution is 2.22. The average molecular weight is 416 g/mol. The van der Waals surface area contributed by atoms with Crippen LogP contribution in [0.25, 0.3) is 0 Å². The van der Waals surface area contributed by atoms with Gasteiger partial charge in [-0.3, -0.25) is 24.1 Å². The van der Waals surface area contributed by atoms with Crippen LogP contribution in [-0.4, -0.2) is 93.3 Å². The number of hydrogen-bond acceptors (Lipinski definition) is 8. The van der Waals surface area contributed by atoms with Crippen molar-refractivity contribution in [2.45, 2.75) is 19.5 Å². The molecule has 162 valence electrons. The lowest BCUT2D eigenvalue weighted by molar-refractivity contribution is -0.149. The molecule has 2 aliphatic rings. The maximum atomic E-state index is 12.8. The molecule has 4 rings (SSSR count). The first-order valence-corrected chi connectivity index (χ1v) is 10.3. The minimum Gasteiger partial charge on any atom is -0.468 e. The Morgan fingerprint density at radius 2 is 2.10 bits per heavy atom. The smallest absolute Gasteiger partial charge is 0.311 e. The molecule has 0 aromatic carbocycles. The summed E-state index contributed by atoms with van der Waals surface area (Å²) in [5, 5.41) is 4.15. The minimum atomic E-state index is -0.232. The Hall–Kier alpha value is -2.72. The summed E-state index contributed by atoms with van der Waals surface area (Å²) >= 11 is 0. The Labute approximate surface area is 175 Å². The highest BCUT2D eigenvalue weighted by atomic mass is 16.5. The molecule has 2 aromatic rings. The van der Waals surface area contributed by atoms with Crippen LogP contribution in [0.2, 0.25) is 0 Å². The van der Waals surface area contributed by atoms with Crippen LogP contribution in [0.1, 0.15) is 23.3 Å². The standard InChI is InChI=1S/C20H28N6O4/c1-3-29-20(28)15-9-24(13-17-5-4-8-30-17)11-16-12-26(7-6-25(16)10-15)19(27)18-21-14-23(2)22-18/h4-5,8,14-16H,3,6-7,9-13H2,1-2H3/t15-,16-/m1/s1. The summed E-state index contributed by atoms with van der Waals surface area (Å²) in [6, 6.07) is 3.91. The van der Waals surface area contributed by atoms with E-state index >= 15 is 0 Å². The van der Waals surface area contributed by atoms with Crippen molar-refractivity contribution in [3.63, 3.8) is 0 Å². The lowest BCUT2D eigenvalue weighted by Gasteiger charge is -2.41. The van der Waals surface area contributed by atoms with Crippen LogP contribution in [0.15, 0.2) is 29.1 Å². The second kappa shape index (κ2) is 8.97. The molecule has 0 radical (unpaired) electrons. The minimum absolute atomic E-state index is 0.112. The quantitative estimate of drug-likeness (QED) is 0.639. The van der Waals surface area contributed by atoms with E-state index in [9.17, 15) is 9.59 Å². The van der Waals surface area contributed by atoms with Gasteiger partial charge in [0.1, 0.15) is 12.1 Å². The van der Waals surface area contributed by atoms with E-state index in [0.29, 0.717) is 45.9 Å². The van der Waals surface area contributed by atoms with Crippen LogP contribution in [-0.2, 0) is 23.1 Å². The van der Waals surface area contributed by atoms with Gasteiger partial charge < -0.3 is 14.1 Å². The summed E-state index contributed by atoms with van der Waals surface area (Å²) in [7, 11) is 1.75. The van der Waals surface area contributed by atoms with E-state index in [1.807, 2.05) is 24.0 Å². The summed E-state index contributed by atoms with van der Waals surface area (Å²) in [5.41, 5.74) is 0. The number of carbonyl (C=O) groups excluding carboxylic acids is 2. The van der Waals surface area contributed by atoms with E-state index in [1.54, 1.807) is 13.3 Å². The van der Waals surface area contributed by atoms with E-state index in [0.717, 1.165) is 12.3 Å². The van der Waals surface area contributed by atoms with Crippen LogP contribution in [0.5, 0.6) is 0 Å². The number of carbonyl (C=O) groups is 2. The predicted octanol–water partition coefficient (Wildman–Crippen LogP) is 0.230. The summed E-state index contributed by atoms with van der Waals surface area (Å²) in [5.74, 6) is 0.520. The van der Waals surface area contributed by atoms with Gasteiger partial charge in [-0.2, -0.15) is 0 Å². The van der Waals surface area contributed by atoms with Crippen molar-refractivity contribution in [2.75, 3.05) is 45.9 Å². The van der Waals surface area contributed by atoms with Gasteiger partial charge in [-0.25, -0.2) is 4.98 Å². The van der Waals surface area contributed by atoms with E-state index in [4.69, 9.17) is 9.15 Å². The number of rotatable bonds is 5. The number of esters is 1. The molecule has 10 nitrogen and oxygen atoms in total. The largest absolute Gasteiger partial charge is 0.468 e. The third-order valence-electron chi connectivity index (χ3n) is 5.66. The van der Waals surface area contributed by atoms with Gasteiger partial charge in [-0.05, 0) is 19.1 Å². The van der Waals surface area contributed by atoms with Crippen molar-refractivity contribution < 1.29 is 18.7 Å². The van der Waals surface area contributed by atoms with Crippen LogP contribution < -0.4 is 0 Å².